The number of primary amides is 1. The smallest absolute Gasteiger partial charge is 0.281 e. The molecule has 0 atom stereocenters. The first kappa shape index (κ1) is 17.9. The minimum atomic E-state index is -0.639. The molecule has 4 nitrogen and oxygen atoms in total. The average Bonchev–Trinajstić information content (AvgIpc) is 2.38. The maximum atomic E-state index is 11.7. The van der Waals surface area contributed by atoms with Crippen molar-refractivity contribution in [2.45, 2.75) is 19.6 Å². The molecule has 19 heavy (non-hydrogen) atoms. The molecule has 0 spiro atoms. The normalized spacial score (nSPS) is 9.21. The van der Waals surface area contributed by atoms with E-state index in [1.807, 2.05) is 49.1 Å². The van der Waals surface area contributed by atoms with E-state index in [0.717, 1.165) is 18.8 Å². The number of carbonyl (C=O) groups excluding carboxylic acids is 2. The molecule has 0 unspecified atom stereocenters. The van der Waals surface area contributed by atoms with E-state index in [1.54, 1.807) is 0 Å². The van der Waals surface area contributed by atoms with Crippen LogP contribution in [0.2, 0.25) is 0 Å². The van der Waals surface area contributed by atoms with Gasteiger partial charge in [0.2, 0.25) is 0 Å². The maximum Gasteiger partial charge on any atom is 0.281 e. The Kier molecular flexibility index (Phi) is 10.1. The van der Waals surface area contributed by atoms with Crippen molar-refractivity contribution in [1.29, 1.82) is 0 Å². The molecule has 0 saturated heterocycles. The summed E-state index contributed by atoms with van der Waals surface area (Å²) < 4.78 is 0. The van der Waals surface area contributed by atoms with Gasteiger partial charge in [0, 0.05) is 18.8 Å². The summed E-state index contributed by atoms with van der Waals surface area (Å²) in [5.41, 5.74) is 5.53. The van der Waals surface area contributed by atoms with Gasteiger partial charge in [-0.05, 0) is 19.4 Å². The highest BCUT2D eigenvalue weighted by Gasteiger charge is 2.09. The van der Waals surface area contributed by atoms with Gasteiger partial charge in [-0.25, -0.2) is 0 Å². The summed E-state index contributed by atoms with van der Waals surface area (Å²) >= 11 is 4.48. The first-order chi connectivity index (χ1) is 9.01. The molecule has 0 aromatic heterocycles. The second kappa shape index (κ2) is 10.8. The fourth-order valence-electron chi connectivity index (χ4n) is 1.29. The highest BCUT2D eigenvalue weighted by atomic mass is 32.2. The topological polar surface area (TPSA) is 63.4 Å². The lowest BCUT2D eigenvalue weighted by molar-refractivity contribution is 0.228. The minimum absolute atomic E-state index is 0.170. The van der Waals surface area contributed by atoms with Crippen LogP contribution in [0.1, 0.15) is 19.4 Å². The zero-order valence-corrected chi connectivity index (χ0v) is 12.9. The third-order valence-electron chi connectivity index (χ3n) is 2.23. The molecule has 106 valence electrons. The van der Waals surface area contributed by atoms with Gasteiger partial charge in [0.25, 0.3) is 10.5 Å². The number of nitrogens with two attached hydrogens (primary N) is 1. The van der Waals surface area contributed by atoms with Gasteiger partial charge in [-0.1, -0.05) is 54.7 Å². The monoisotopic (exact) mass is 300 g/mol. The molecule has 0 heterocycles. The molecule has 2 amide bonds. The first-order valence-corrected chi connectivity index (χ1v) is 7.38. The largest absolute Gasteiger partial charge is 0.361 e. The number of thioether (sulfide) groups is 1. The predicted octanol–water partition coefficient (Wildman–Crippen LogP) is 3.38. The number of nitrogens with zero attached hydrogens (tertiary/aromatic N) is 1. The van der Waals surface area contributed by atoms with Crippen LogP contribution in [0, 0.1) is 0 Å². The lowest BCUT2D eigenvalue weighted by Gasteiger charge is -2.17. The molecule has 0 aliphatic heterocycles. The Morgan fingerprint density at radius 3 is 2.11 bits per heavy atom. The van der Waals surface area contributed by atoms with Crippen molar-refractivity contribution in [3.05, 3.63) is 35.9 Å². The number of carbonyl (C=O) groups is 2. The number of rotatable bonds is 4. The van der Waals surface area contributed by atoms with Gasteiger partial charge in [0.05, 0.1) is 0 Å². The van der Waals surface area contributed by atoms with Crippen LogP contribution in [0.4, 0.5) is 9.59 Å². The molecule has 0 bridgehead atoms. The van der Waals surface area contributed by atoms with Crippen molar-refractivity contribution in [2.24, 2.45) is 5.73 Å². The van der Waals surface area contributed by atoms with Crippen molar-refractivity contribution in [3.8, 4) is 0 Å². The highest BCUT2D eigenvalue weighted by molar-refractivity contribution is 8.12. The number of amides is 2. The average molecular weight is 300 g/mol. The van der Waals surface area contributed by atoms with Crippen molar-refractivity contribution in [1.82, 2.24) is 4.90 Å². The molecule has 0 aliphatic rings. The van der Waals surface area contributed by atoms with Crippen LogP contribution in [0.5, 0.6) is 0 Å². The number of benzene rings is 1. The van der Waals surface area contributed by atoms with E-state index >= 15 is 0 Å². The number of hydrogen-bond acceptors (Lipinski definition) is 3. The molecule has 0 radical (unpaired) electrons. The summed E-state index contributed by atoms with van der Waals surface area (Å²) in [7, 11) is 0. The van der Waals surface area contributed by atoms with Crippen molar-refractivity contribution >= 4 is 34.9 Å². The van der Waals surface area contributed by atoms with Gasteiger partial charge < -0.3 is 10.6 Å². The van der Waals surface area contributed by atoms with E-state index in [0.29, 0.717) is 0 Å². The minimum Gasteiger partial charge on any atom is -0.361 e. The Morgan fingerprint density at radius 1 is 1.21 bits per heavy atom. The van der Waals surface area contributed by atoms with E-state index in [9.17, 15) is 4.79 Å². The lowest BCUT2D eigenvalue weighted by Crippen LogP contribution is -2.26. The van der Waals surface area contributed by atoms with Crippen LogP contribution in [-0.2, 0) is 5.75 Å². The Hall–Kier alpha value is -1.14. The summed E-state index contributed by atoms with van der Waals surface area (Å²) in [5, 5.41) is -0.469. The standard InChI is InChI=1S/C12H17NOS.CH3NOS/c1-3-13(4-2)12(14)15-10-11-8-6-5-7-9-11;2-1(3)4/h5-9H,3-4,10H2,1-2H3;(H3,2,3,4). The Morgan fingerprint density at radius 2 is 1.68 bits per heavy atom. The van der Waals surface area contributed by atoms with Gasteiger partial charge >= 0.3 is 0 Å². The quantitative estimate of drug-likeness (QED) is 0.838. The molecule has 6 heteroatoms. The van der Waals surface area contributed by atoms with Crippen LogP contribution in [0.3, 0.4) is 0 Å². The molecule has 1 aromatic rings. The van der Waals surface area contributed by atoms with Crippen molar-refractivity contribution < 1.29 is 9.59 Å². The summed E-state index contributed by atoms with van der Waals surface area (Å²) in [6, 6.07) is 10.1. The molecule has 0 aliphatic carbocycles. The molecule has 1 rings (SSSR count). The fraction of sp³-hybridized carbons (Fsp3) is 0.385. The molecular formula is C13H20N2O2S2. The van der Waals surface area contributed by atoms with Gasteiger partial charge in [-0.15, -0.1) is 0 Å². The third kappa shape index (κ3) is 9.44. The summed E-state index contributed by atoms with van der Waals surface area (Å²) in [4.78, 5) is 22.6. The molecular weight excluding hydrogens is 280 g/mol. The van der Waals surface area contributed by atoms with E-state index in [2.05, 4.69) is 18.4 Å². The number of thiol groups is 1. The summed E-state index contributed by atoms with van der Waals surface area (Å²) in [5.74, 6) is 0.760. The second-order valence-electron chi connectivity index (χ2n) is 3.55. The SMILES string of the molecule is CCN(CC)C(=O)SCc1ccccc1.NC(=O)S. The number of hydrogen-bond donors (Lipinski definition) is 2. The van der Waals surface area contributed by atoms with Gasteiger partial charge in [0.1, 0.15) is 0 Å². The maximum absolute atomic E-state index is 11.7. The van der Waals surface area contributed by atoms with E-state index < -0.39 is 5.24 Å². The van der Waals surface area contributed by atoms with Crippen molar-refractivity contribution in [2.75, 3.05) is 13.1 Å². The summed E-state index contributed by atoms with van der Waals surface area (Å²) in [6.07, 6.45) is 0. The van der Waals surface area contributed by atoms with Crippen LogP contribution in [0.25, 0.3) is 0 Å². The van der Waals surface area contributed by atoms with Crippen molar-refractivity contribution in [3.63, 3.8) is 0 Å². The van der Waals surface area contributed by atoms with Gasteiger partial charge in [0.15, 0.2) is 0 Å². The van der Waals surface area contributed by atoms with Gasteiger partial charge in [-0.3, -0.25) is 9.59 Å². The van der Waals surface area contributed by atoms with E-state index in [-0.39, 0.29) is 5.24 Å². The third-order valence-corrected chi connectivity index (χ3v) is 3.21. The van der Waals surface area contributed by atoms with Crippen LogP contribution in [0.15, 0.2) is 30.3 Å². The molecule has 0 fully saturated rings. The highest BCUT2D eigenvalue weighted by Crippen LogP contribution is 2.15. The zero-order valence-electron chi connectivity index (χ0n) is 11.2. The molecule has 0 saturated carbocycles. The van der Waals surface area contributed by atoms with Gasteiger partial charge in [-0.2, -0.15) is 0 Å². The Balaban J connectivity index is 0.000000711. The zero-order chi connectivity index (χ0) is 14.7. The fourth-order valence-corrected chi connectivity index (χ4v) is 2.22. The lowest BCUT2D eigenvalue weighted by atomic mass is 10.2. The van der Waals surface area contributed by atoms with E-state index in [1.165, 1.54) is 17.3 Å². The predicted molar refractivity (Wildman–Crippen MR) is 84.6 cm³/mol. The van der Waals surface area contributed by atoms with Crippen LogP contribution < -0.4 is 5.73 Å². The van der Waals surface area contributed by atoms with Crippen LogP contribution in [-0.4, -0.2) is 28.5 Å². The first-order valence-electron chi connectivity index (χ1n) is 5.95. The molecule has 2 N–H and O–H groups in total. The second-order valence-corrected chi connectivity index (χ2v) is 4.92. The van der Waals surface area contributed by atoms with Crippen LogP contribution >= 0.6 is 24.4 Å². The van der Waals surface area contributed by atoms with E-state index in [4.69, 9.17) is 4.79 Å². The Labute approximate surface area is 124 Å². The molecule has 1 aromatic carbocycles. The summed E-state index contributed by atoms with van der Waals surface area (Å²) in [6.45, 7) is 5.59. The Bertz CT molecular complexity index is 377.